The zero-order valence-electron chi connectivity index (χ0n) is 15.6. The van der Waals surface area contributed by atoms with Gasteiger partial charge in [0.25, 0.3) is 0 Å². The predicted octanol–water partition coefficient (Wildman–Crippen LogP) is 3.96. The minimum atomic E-state index is -3.53. The Labute approximate surface area is 154 Å². The molecule has 0 saturated carbocycles. The molecule has 1 aromatic carbocycles. The third-order valence-electron chi connectivity index (χ3n) is 4.27. The van der Waals surface area contributed by atoms with Crippen molar-refractivity contribution < 1.29 is 18.3 Å². The molecule has 1 N–H and O–H groups in total. The number of hydrogen-bond donors (Lipinski definition) is 1. The number of aliphatic hydroxyl groups is 1. The van der Waals surface area contributed by atoms with Crippen molar-refractivity contribution in [2.75, 3.05) is 13.1 Å². The van der Waals surface area contributed by atoms with E-state index in [1.807, 2.05) is 13.8 Å². The normalized spacial score (nSPS) is 18.1. The van der Waals surface area contributed by atoms with Crippen molar-refractivity contribution in [2.45, 2.75) is 45.4 Å². The fourth-order valence-electron chi connectivity index (χ4n) is 2.90. The van der Waals surface area contributed by atoms with Crippen LogP contribution in [-0.4, -0.2) is 36.7 Å². The summed E-state index contributed by atoms with van der Waals surface area (Å²) in [7, 11) is -3.53. The second-order valence-electron chi connectivity index (χ2n) is 7.02. The van der Waals surface area contributed by atoms with Gasteiger partial charge in [0.15, 0.2) is 11.5 Å². The molecule has 7 nitrogen and oxygen atoms in total. The Bertz CT molecular complexity index is 836. The number of Topliss-reactive ketones (excluding diaryl/α,β-unsaturated/α-hetero) is 1. The van der Waals surface area contributed by atoms with E-state index in [0.29, 0.717) is 31.6 Å². The number of carbonyl (C=O) groups is 1. The summed E-state index contributed by atoms with van der Waals surface area (Å²) in [6.07, 6.45) is 0.667. The quantitative estimate of drug-likeness (QED) is 0.756. The number of aliphatic hydroxyl groups excluding tert-OH is 1. The summed E-state index contributed by atoms with van der Waals surface area (Å²) < 4.78 is 26.3. The molecule has 0 spiro atoms. The van der Waals surface area contributed by atoms with Crippen molar-refractivity contribution in [3.63, 3.8) is 0 Å². The molecular weight excluding hydrogens is 354 g/mol. The molecule has 0 atom stereocenters. The molecular formula is C18H25N3O4S. The molecule has 0 aliphatic heterocycles. The summed E-state index contributed by atoms with van der Waals surface area (Å²) in [5.74, 6) is -0.307. The molecule has 1 aromatic rings. The number of allylic oxidation sites excluding steroid dienone is 2. The Kier molecular flexibility index (Phi) is 5.98. The predicted molar refractivity (Wildman–Crippen MR) is 98.7 cm³/mol. The van der Waals surface area contributed by atoms with Gasteiger partial charge in [0.2, 0.25) is 10.0 Å². The number of azo groups is 1. The minimum Gasteiger partial charge on any atom is -0.510 e. The van der Waals surface area contributed by atoms with Crippen LogP contribution in [0.25, 0.3) is 0 Å². The Morgan fingerprint density at radius 1 is 1.08 bits per heavy atom. The lowest BCUT2D eigenvalue weighted by Crippen LogP contribution is -2.30. The molecule has 26 heavy (non-hydrogen) atoms. The highest BCUT2D eigenvalue weighted by molar-refractivity contribution is 7.89. The van der Waals surface area contributed by atoms with Gasteiger partial charge in [-0.1, -0.05) is 27.7 Å². The number of sulfonamides is 1. The van der Waals surface area contributed by atoms with E-state index in [1.54, 1.807) is 13.8 Å². The van der Waals surface area contributed by atoms with Crippen molar-refractivity contribution >= 4 is 21.5 Å². The molecule has 1 aliphatic carbocycles. The SMILES string of the molecule is CCN(CC)S(=O)(=O)c1ccc(N=NC2=C(O)CC(C)(C)CC2=O)cc1. The highest BCUT2D eigenvalue weighted by atomic mass is 32.2. The summed E-state index contributed by atoms with van der Waals surface area (Å²) >= 11 is 0. The van der Waals surface area contributed by atoms with Gasteiger partial charge in [-0.3, -0.25) is 4.79 Å². The fourth-order valence-corrected chi connectivity index (χ4v) is 4.36. The summed E-state index contributed by atoms with van der Waals surface area (Å²) in [4.78, 5) is 12.3. The van der Waals surface area contributed by atoms with Crippen LogP contribution in [0.2, 0.25) is 0 Å². The van der Waals surface area contributed by atoms with Crippen molar-refractivity contribution in [2.24, 2.45) is 15.6 Å². The molecule has 2 rings (SSSR count). The van der Waals surface area contributed by atoms with Crippen LogP contribution in [0.15, 0.2) is 50.8 Å². The van der Waals surface area contributed by atoms with Crippen LogP contribution < -0.4 is 0 Å². The van der Waals surface area contributed by atoms with E-state index in [1.165, 1.54) is 28.6 Å². The van der Waals surface area contributed by atoms with Crippen LogP contribution in [0.5, 0.6) is 0 Å². The Hall–Kier alpha value is -2.06. The van der Waals surface area contributed by atoms with Crippen molar-refractivity contribution in [3.8, 4) is 0 Å². The highest BCUT2D eigenvalue weighted by Crippen LogP contribution is 2.36. The van der Waals surface area contributed by atoms with Gasteiger partial charge in [-0.15, -0.1) is 5.11 Å². The fraction of sp³-hybridized carbons (Fsp3) is 0.500. The van der Waals surface area contributed by atoms with Crippen LogP contribution in [-0.2, 0) is 14.8 Å². The van der Waals surface area contributed by atoms with E-state index >= 15 is 0 Å². The number of carbonyl (C=O) groups excluding carboxylic acids is 1. The first-order chi connectivity index (χ1) is 12.1. The van der Waals surface area contributed by atoms with E-state index in [2.05, 4.69) is 10.2 Å². The molecule has 0 saturated heterocycles. The number of benzene rings is 1. The lowest BCUT2D eigenvalue weighted by atomic mass is 9.78. The van der Waals surface area contributed by atoms with E-state index in [0.717, 1.165) is 0 Å². The summed E-state index contributed by atoms with van der Waals surface area (Å²) in [6.45, 7) is 8.17. The molecule has 0 amide bonds. The zero-order chi connectivity index (χ0) is 19.5. The van der Waals surface area contributed by atoms with Crippen LogP contribution in [0, 0.1) is 5.41 Å². The second-order valence-corrected chi connectivity index (χ2v) is 8.96. The minimum absolute atomic E-state index is 0.0239. The third kappa shape index (κ3) is 4.37. The smallest absolute Gasteiger partial charge is 0.243 e. The maximum Gasteiger partial charge on any atom is 0.243 e. The van der Waals surface area contributed by atoms with Crippen molar-refractivity contribution in [3.05, 3.63) is 35.7 Å². The van der Waals surface area contributed by atoms with Gasteiger partial charge in [-0.2, -0.15) is 9.42 Å². The van der Waals surface area contributed by atoms with Gasteiger partial charge in [0.05, 0.1) is 10.6 Å². The van der Waals surface area contributed by atoms with Crippen molar-refractivity contribution in [1.82, 2.24) is 4.31 Å². The maximum absolute atomic E-state index is 12.4. The number of ketones is 1. The molecule has 8 heteroatoms. The van der Waals surface area contributed by atoms with E-state index in [9.17, 15) is 18.3 Å². The average molecular weight is 379 g/mol. The standard InChI is InChI=1S/C18H25N3O4S/c1-5-21(6-2)26(24,25)14-9-7-13(8-10-14)19-20-17-15(22)11-18(3,4)12-16(17)23/h7-10,22H,5-6,11-12H2,1-4H3. The maximum atomic E-state index is 12.4. The van der Waals surface area contributed by atoms with Crippen LogP contribution >= 0.6 is 0 Å². The number of hydrogen-bond acceptors (Lipinski definition) is 6. The topological polar surface area (TPSA) is 99.4 Å². The van der Waals surface area contributed by atoms with Crippen LogP contribution in [0.3, 0.4) is 0 Å². The van der Waals surface area contributed by atoms with Crippen LogP contribution in [0.4, 0.5) is 5.69 Å². The third-order valence-corrected chi connectivity index (χ3v) is 6.33. The molecule has 0 unspecified atom stereocenters. The highest BCUT2D eigenvalue weighted by Gasteiger charge is 2.33. The average Bonchev–Trinajstić information content (AvgIpc) is 2.54. The van der Waals surface area contributed by atoms with E-state index in [-0.39, 0.29) is 27.5 Å². The Balaban J connectivity index is 2.22. The van der Waals surface area contributed by atoms with Crippen molar-refractivity contribution in [1.29, 1.82) is 0 Å². The first-order valence-electron chi connectivity index (χ1n) is 8.58. The van der Waals surface area contributed by atoms with Gasteiger partial charge in [0, 0.05) is 25.9 Å². The lowest BCUT2D eigenvalue weighted by Gasteiger charge is -2.27. The summed E-state index contributed by atoms with van der Waals surface area (Å²) in [5, 5.41) is 17.9. The molecule has 0 radical (unpaired) electrons. The molecule has 1 aliphatic rings. The Morgan fingerprint density at radius 3 is 2.15 bits per heavy atom. The first kappa shape index (κ1) is 20.3. The van der Waals surface area contributed by atoms with Gasteiger partial charge in [-0.05, 0) is 29.7 Å². The molecule has 0 aromatic heterocycles. The molecule has 0 fully saturated rings. The van der Waals surface area contributed by atoms with Gasteiger partial charge in [-0.25, -0.2) is 8.42 Å². The van der Waals surface area contributed by atoms with Crippen LogP contribution in [0.1, 0.15) is 40.5 Å². The number of nitrogens with zero attached hydrogens (tertiary/aromatic N) is 3. The monoisotopic (exact) mass is 379 g/mol. The lowest BCUT2D eigenvalue weighted by molar-refractivity contribution is -0.118. The molecule has 142 valence electrons. The largest absolute Gasteiger partial charge is 0.510 e. The number of rotatable bonds is 6. The summed E-state index contributed by atoms with van der Waals surface area (Å²) in [5.41, 5.74) is 0.0891. The zero-order valence-corrected chi connectivity index (χ0v) is 16.4. The van der Waals surface area contributed by atoms with Gasteiger partial charge < -0.3 is 5.11 Å². The van der Waals surface area contributed by atoms with Gasteiger partial charge in [0.1, 0.15) is 5.76 Å². The molecule has 0 bridgehead atoms. The second kappa shape index (κ2) is 7.67. The van der Waals surface area contributed by atoms with E-state index < -0.39 is 10.0 Å². The Morgan fingerprint density at radius 2 is 1.65 bits per heavy atom. The summed E-state index contributed by atoms with van der Waals surface area (Å²) in [6, 6.07) is 5.97. The van der Waals surface area contributed by atoms with E-state index in [4.69, 9.17) is 0 Å². The molecule has 0 heterocycles. The van der Waals surface area contributed by atoms with Gasteiger partial charge >= 0.3 is 0 Å². The first-order valence-corrected chi connectivity index (χ1v) is 10.0.